The Morgan fingerprint density at radius 2 is 2.06 bits per heavy atom. The quantitative estimate of drug-likeness (QED) is 0.615. The van der Waals surface area contributed by atoms with Crippen molar-refractivity contribution in [2.75, 3.05) is 12.0 Å². The molecule has 2 aromatic rings. The molecule has 2 aliphatic heterocycles. The number of anilines is 1. The molecule has 0 saturated heterocycles. The predicted octanol–water partition coefficient (Wildman–Crippen LogP) is 4.56. The van der Waals surface area contributed by atoms with Gasteiger partial charge in [0.15, 0.2) is 5.82 Å². The number of rotatable bonds is 3. The number of hydrogen-bond acceptors (Lipinski definition) is 4. The van der Waals surface area contributed by atoms with Crippen molar-refractivity contribution in [2.24, 2.45) is 0 Å². The number of aliphatic hydroxyl groups is 1. The van der Waals surface area contributed by atoms with E-state index >= 15 is 0 Å². The van der Waals surface area contributed by atoms with Gasteiger partial charge in [-0.2, -0.15) is 13.9 Å². The van der Waals surface area contributed by atoms with Gasteiger partial charge in [0.05, 0.1) is 24.5 Å². The summed E-state index contributed by atoms with van der Waals surface area (Å²) in [4.78, 5) is 17.2. The Hall–Kier alpha value is -2.83. The third-order valence-corrected chi connectivity index (χ3v) is 6.05. The van der Waals surface area contributed by atoms with Crippen LogP contribution in [-0.4, -0.2) is 49.1 Å². The predicted molar refractivity (Wildman–Crippen MR) is 110 cm³/mol. The van der Waals surface area contributed by atoms with Gasteiger partial charge in [-0.25, -0.2) is 22.4 Å². The van der Waals surface area contributed by atoms with E-state index in [1.54, 1.807) is 6.92 Å². The van der Waals surface area contributed by atoms with Gasteiger partial charge in [0.1, 0.15) is 23.7 Å². The summed E-state index contributed by atoms with van der Waals surface area (Å²) in [6.45, 7) is -0.358. The topological polar surface area (TPSA) is 83.3 Å². The summed E-state index contributed by atoms with van der Waals surface area (Å²) in [5.74, 6) is -4.81. The summed E-state index contributed by atoms with van der Waals surface area (Å²) in [5, 5.41) is 16.7. The van der Waals surface area contributed by atoms with Gasteiger partial charge in [0, 0.05) is 30.6 Å². The molecule has 0 spiro atoms. The minimum atomic E-state index is -3.42. The largest absolute Gasteiger partial charge is 0.385 e. The Balaban J connectivity index is 0.00000324. The summed E-state index contributed by atoms with van der Waals surface area (Å²) in [7, 11) is 0. The van der Waals surface area contributed by atoms with E-state index in [0.29, 0.717) is 5.69 Å². The lowest BCUT2D eigenvalue weighted by Gasteiger charge is -2.33. The average molecular weight is 493 g/mol. The molecule has 4 rings (SSSR count). The number of carbonyl (C=O) groups is 1. The lowest BCUT2D eigenvalue weighted by atomic mass is 9.94. The maximum absolute atomic E-state index is 15.0. The molecule has 0 unspecified atom stereocenters. The highest BCUT2D eigenvalue weighted by Crippen LogP contribution is 2.43. The van der Waals surface area contributed by atoms with E-state index in [0.717, 1.165) is 21.8 Å². The molecule has 0 saturated carbocycles. The molecule has 0 aliphatic carbocycles. The molecule has 7 nitrogen and oxygen atoms in total. The van der Waals surface area contributed by atoms with E-state index in [2.05, 4.69) is 15.4 Å². The Labute approximate surface area is 191 Å². The number of hydrogen-bond donors (Lipinski definition) is 2. The number of halogens is 6. The van der Waals surface area contributed by atoms with Gasteiger partial charge in [-0.05, 0) is 19.4 Å². The Morgan fingerprint density at radius 1 is 1.35 bits per heavy atom. The zero-order valence-electron chi connectivity index (χ0n) is 17.5. The molecule has 2 amide bonds. The first kappa shape index (κ1) is 25.8. The highest BCUT2D eigenvalue weighted by molar-refractivity contribution is 5.90. The second-order valence-electron chi connectivity index (χ2n) is 8.46. The van der Waals surface area contributed by atoms with Crippen LogP contribution in [0.5, 0.6) is 0 Å². The number of urea groups is 1. The average Bonchev–Trinajstić information content (AvgIpc) is 3.05. The first-order chi connectivity index (χ1) is 15.5. The highest BCUT2D eigenvalue weighted by atomic mass is 19.3. The van der Waals surface area contributed by atoms with Crippen LogP contribution in [0.4, 0.5) is 36.8 Å². The van der Waals surface area contributed by atoms with Crippen LogP contribution in [-0.2, 0) is 25.4 Å². The molecule has 2 aromatic heterocycles. The van der Waals surface area contributed by atoms with Gasteiger partial charge < -0.3 is 15.3 Å². The molecule has 2 N–H and O–H groups in total. The third-order valence-electron chi connectivity index (χ3n) is 6.05. The first-order valence-corrected chi connectivity index (χ1v) is 10.2. The number of fused-ring (bicyclic) bond motifs is 3. The number of carbonyl (C=O) groups excluding carboxylic acids is 1. The zero-order chi connectivity index (χ0) is 24.1. The van der Waals surface area contributed by atoms with E-state index in [1.807, 2.05) is 0 Å². The van der Waals surface area contributed by atoms with E-state index in [4.69, 9.17) is 0 Å². The molecule has 2 atom stereocenters. The molecular formula is C21H25F6N5O2. The van der Waals surface area contributed by atoms with Gasteiger partial charge in [0.2, 0.25) is 0 Å². The summed E-state index contributed by atoms with van der Waals surface area (Å²) >= 11 is 0. The van der Waals surface area contributed by atoms with Crippen LogP contribution in [0.2, 0.25) is 0 Å². The lowest BCUT2D eigenvalue weighted by molar-refractivity contribution is -0.0474. The second kappa shape index (κ2) is 9.08. The Bertz CT molecular complexity index is 1080. The van der Waals surface area contributed by atoms with Crippen LogP contribution < -0.4 is 5.32 Å². The summed E-state index contributed by atoms with van der Waals surface area (Å²) in [5.41, 5.74) is -3.76. The van der Waals surface area contributed by atoms with Gasteiger partial charge in [-0.3, -0.25) is 9.67 Å². The van der Waals surface area contributed by atoms with Crippen molar-refractivity contribution in [1.82, 2.24) is 19.7 Å². The molecule has 0 bridgehead atoms. The fourth-order valence-electron chi connectivity index (χ4n) is 4.26. The smallest absolute Gasteiger partial charge is 0.322 e. The van der Waals surface area contributed by atoms with Gasteiger partial charge in [-0.15, -0.1) is 0 Å². The molecule has 13 heteroatoms. The maximum atomic E-state index is 15.0. The molecule has 2 aliphatic rings. The summed E-state index contributed by atoms with van der Waals surface area (Å²) < 4.78 is 84.2. The molecular weight excluding hydrogens is 468 g/mol. The maximum Gasteiger partial charge on any atom is 0.322 e. The minimum Gasteiger partial charge on any atom is -0.385 e. The fourth-order valence-corrected chi connectivity index (χ4v) is 4.26. The Morgan fingerprint density at radius 3 is 2.71 bits per heavy atom. The normalized spacial score (nSPS) is 23.6. The standard InChI is InChI=1S/C20H21F6N5O2.CH4/c1-10-6-13-11(16-20(25,26)4-3-19(33,8-21)9-31(16)29-13)7-30(10)18(32)28-12-2-5-27-15(14(12)22)17(23)24;/h2,5,10,17,33H,3-4,6-9H2,1H3,(H,27,28,32);1H4/t10-,19-;/m1./s1. The molecule has 188 valence electrons. The number of pyridine rings is 1. The molecule has 0 aromatic carbocycles. The first-order valence-electron chi connectivity index (χ1n) is 10.2. The van der Waals surface area contributed by atoms with Crippen molar-refractivity contribution in [3.05, 3.63) is 40.7 Å². The van der Waals surface area contributed by atoms with Crippen molar-refractivity contribution < 1.29 is 36.2 Å². The van der Waals surface area contributed by atoms with Crippen molar-refractivity contribution in [1.29, 1.82) is 0 Å². The van der Waals surface area contributed by atoms with Crippen molar-refractivity contribution >= 4 is 11.7 Å². The van der Waals surface area contributed by atoms with E-state index in [1.165, 1.54) is 0 Å². The van der Waals surface area contributed by atoms with Crippen LogP contribution in [0.15, 0.2) is 12.3 Å². The van der Waals surface area contributed by atoms with Gasteiger partial charge >= 0.3 is 6.03 Å². The highest BCUT2D eigenvalue weighted by Gasteiger charge is 2.48. The van der Waals surface area contributed by atoms with E-state index in [9.17, 15) is 36.2 Å². The zero-order valence-corrected chi connectivity index (χ0v) is 17.5. The van der Waals surface area contributed by atoms with Crippen LogP contribution in [0.3, 0.4) is 0 Å². The number of aromatic nitrogens is 3. The van der Waals surface area contributed by atoms with Crippen LogP contribution in [0, 0.1) is 5.82 Å². The molecule has 0 fully saturated rings. The monoisotopic (exact) mass is 493 g/mol. The fraction of sp³-hybridized carbons (Fsp3) is 0.571. The molecule has 0 radical (unpaired) electrons. The van der Waals surface area contributed by atoms with Crippen LogP contribution >= 0.6 is 0 Å². The SMILES string of the molecule is C.C[C@@H]1Cc2nn3c(c2CN1C(=O)Nc1ccnc(C(F)F)c1F)C(F)(F)CC[C@@](O)(CF)C3. The second-order valence-corrected chi connectivity index (χ2v) is 8.46. The van der Waals surface area contributed by atoms with Crippen LogP contribution in [0.1, 0.15) is 56.3 Å². The van der Waals surface area contributed by atoms with Crippen molar-refractivity contribution in [2.45, 2.75) is 70.7 Å². The molecule has 34 heavy (non-hydrogen) atoms. The molecule has 4 heterocycles. The van der Waals surface area contributed by atoms with Crippen LogP contribution in [0.25, 0.3) is 0 Å². The van der Waals surface area contributed by atoms with Crippen molar-refractivity contribution in [3.8, 4) is 0 Å². The number of amides is 2. The van der Waals surface area contributed by atoms with Gasteiger partial charge in [0.25, 0.3) is 12.3 Å². The van der Waals surface area contributed by atoms with E-state index < -0.39 is 79.0 Å². The number of alkyl halides is 5. The van der Waals surface area contributed by atoms with Crippen molar-refractivity contribution in [3.63, 3.8) is 0 Å². The van der Waals surface area contributed by atoms with Gasteiger partial charge in [-0.1, -0.05) is 7.43 Å². The number of nitrogens with one attached hydrogen (secondary N) is 1. The third kappa shape index (κ3) is 4.44. The summed E-state index contributed by atoms with van der Waals surface area (Å²) in [6, 6.07) is -0.419. The Kier molecular flexibility index (Phi) is 6.89. The lowest BCUT2D eigenvalue weighted by Crippen LogP contribution is -2.45. The minimum absolute atomic E-state index is 0. The number of nitrogens with zero attached hydrogens (tertiary/aromatic N) is 4. The van der Waals surface area contributed by atoms with E-state index in [-0.39, 0.29) is 26.0 Å². The summed E-state index contributed by atoms with van der Waals surface area (Å²) in [6.07, 6.45) is -3.46.